The van der Waals surface area contributed by atoms with Crippen LogP contribution in [-0.4, -0.2) is 13.7 Å². The molecule has 9 rings (SSSR count). The molecule has 0 bridgehead atoms. The maximum atomic E-state index is 14.8. The lowest BCUT2D eigenvalue weighted by atomic mass is 10.0. The number of fused-ring (bicyclic) bond motifs is 8. The van der Waals surface area contributed by atoms with Crippen LogP contribution in [0.3, 0.4) is 0 Å². The van der Waals surface area contributed by atoms with E-state index in [0.29, 0.717) is 11.4 Å². The second-order valence-corrected chi connectivity index (χ2v) is 11.8. The highest BCUT2D eigenvalue weighted by atomic mass is 16.1. The quantitative estimate of drug-likeness (QED) is 0.209. The molecule has 210 valence electrons. The lowest BCUT2D eigenvalue weighted by molar-refractivity contribution is 0.735. The second-order valence-electron chi connectivity index (χ2n) is 11.8. The first-order chi connectivity index (χ1) is 21.7. The van der Waals surface area contributed by atoms with E-state index in [-0.39, 0.29) is 5.56 Å². The summed E-state index contributed by atoms with van der Waals surface area (Å²) < 4.78 is 6.43. The summed E-state index contributed by atoms with van der Waals surface area (Å²) in [4.78, 5) is 14.8. The topological polar surface area (TPSA) is 31.9 Å². The summed E-state index contributed by atoms with van der Waals surface area (Å²) in [6.07, 6.45) is 7.91. The number of para-hydroxylation sites is 4. The van der Waals surface area contributed by atoms with Gasteiger partial charge in [0.05, 0.1) is 22.1 Å². The van der Waals surface area contributed by atoms with Crippen molar-refractivity contribution in [3.05, 3.63) is 150 Å². The zero-order chi connectivity index (χ0) is 29.4. The normalized spacial score (nSPS) is 15.2. The van der Waals surface area contributed by atoms with Gasteiger partial charge in [0.25, 0.3) is 5.56 Å². The van der Waals surface area contributed by atoms with Crippen molar-refractivity contribution >= 4 is 60.2 Å². The molecule has 0 N–H and O–H groups in total. The van der Waals surface area contributed by atoms with E-state index < -0.39 is 0 Å². The molecular weight excluding hydrogens is 538 g/mol. The van der Waals surface area contributed by atoms with Crippen LogP contribution < -0.4 is 5.56 Å². The maximum absolute atomic E-state index is 14.8. The van der Waals surface area contributed by atoms with Gasteiger partial charge in [0, 0.05) is 44.0 Å². The fourth-order valence-electron chi connectivity index (χ4n) is 7.16. The number of allylic oxidation sites excluding steroid dienone is 4. The summed E-state index contributed by atoms with van der Waals surface area (Å²) in [7, 11) is 0. The van der Waals surface area contributed by atoms with Crippen molar-refractivity contribution in [3.63, 3.8) is 0 Å². The Morgan fingerprint density at radius 2 is 1.16 bits per heavy atom. The molecular formula is C40H29N3O. The van der Waals surface area contributed by atoms with E-state index in [1.165, 1.54) is 22.0 Å². The molecule has 1 atom stereocenters. The molecule has 1 aliphatic carbocycles. The fourth-order valence-corrected chi connectivity index (χ4v) is 7.16. The Morgan fingerprint density at radius 3 is 1.84 bits per heavy atom. The SMILES string of the molecule is CC1C=CC(n2c3ccccc3c3cc4c5c6ccccc6n(-c6ccccc6)c(=O)c5n(-c5ccccc5)c4cc32)=CC1. The number of hydrogen-bond donors (Lipinski definition) is 0. The summed E-state index contributed by atoms with van der Waals surface area (Å²) >= 11 is 0. The van der Waals surface area contributed by atoms with Crippen molar-refractivity contribution in [1.82, 2.24) is 13.7 Å². The minimum absolute atomic E-state index is 0.0331. The van der Waals surface area contributed by atoms with Crippen LogP contribution in [0, 0.1) is 5.92 Å². The molecule has 1 aliphatic rings. The van der Waals surface area contributed by atoms with Crippen LogP contribution in [0.2, 0.25) is 0 Å². The molecule has 0 radical (unpaired) electrons. The Kier molecular flexibility index (Phi) is 5.36. The smallest absolute Gasteiger partial charge is 0.280 e. The number of nitrogens with zero attached hydrogens (tertiary/aromatic N) is 3. The molecule has 4 nitrogen and oxygen atoms in total. The molecule has 3 heterocycles. The lowest BCUT2D eigenvalue weighted by Crippen LogP contribution is -2.21. The highest BCUT2D eigenvalue weighted by Gasteiger charge is 2.24. The largest absolute Gasteiger partial charge is 0.310 e. The van der Waals surface area contributed by atoms with Crippen molar-refractivity contribution in [2.45, 2.75) is 13.3 Å². The molecule has 0 amide bonds. The zero-order valence-corrected chi connectivity index (χ0v) is 24.3. The van der Waals surface area contributed by atoms with Crippen LogP contribution in [0.5, 0.6) is 0 Å². The van der Waals surface area contributed by atoms with Gasteiger partial charge in [-0.2, -0.15) is 0 Å². The van der Waals surface area contributed by atoms with Gasteiger partial charge < -0.3 is 9.13 Å². The molecule has 1 unspecified atom stereocenters. The van der Waals surface area contributed by atoms with Gasteiger partial charge in [0.2, 0.25) is 0 Å². The third-order valence-corrected chi connectivity index (χ3v) is 9.16. The van der Waals surface area contributed by atoms with E-state index >= 15 is 0 Å². The molecule has 0 saturated carbocycles. The monoisotopic (exact) mass is 567 g/mol. The number of hydrogen-bond acceptors (Lipinski definition) is 1. The average Bonchev–Trinajstić information content (AvgIpc) is 3.58. The van der Waals surface area contributed by atoms with E-state index in [9.17, 15) is 4.79 Å². The van der Waals surface area contributed by atoms with Crippen LogP contribution in [-0.2, 0) is 0 Å². The minimum atomic E-state index is -0.0331. The molecule has 44 heavy (non-hydrogen) atoms. The summed E-state index contributed by atoms with van der Waals surface area (Å²) in [5, 5.41) is 5.51. The van der Waals surface area contributed by atoms with E-state index in [1.807, 2.05) is 59.2 Å². The van der Waals surface area contributed by atoms with E-state index in [4.69, 9.17) is 0 Å². The van der Waals surface area contributed by atoms with Gasteiger partial charge in [-0.1, -0.05) is 91.9 Å². The first-order valence-corrected chi connectivity index (χ1v) is 15.2. The third kappa shape index (κ3) is 3.48. The average molecular weight is 568 g/mol. The van der Waals surface area contributed by atoms with Crippen LogP contribution >= 0.6 is 0 Å². The molecule has 8 aromatic rings. The van der Waals surface area contributed by atoms with Crippen molar-refractivity contribution in [3.8, 4) is 11.4 Å². The summed E-state index contributed by atoms with van der Waals surface area (Å²) in [5.74, 6) is 0.527. The van der Waals surface area contributed by atoms with Crippen molar-refractivity contribution in [2.75, 3.05) is 0 Å². The third-order valence-electron chi connectivity index (χ3n) is 9.16. The van der Waals surface area contributed by atoms with Crippen LogP contribution in [0.25, 0.3) is 71.6 Å². The van der Waals surface area contributed by atoms with E-state index in [1.54, 1.807) is 0 Å². The van der Waals surface area contributed by atoms with Crippen molar-refractivity contribution in [2.24, 2.45) is 5.92 Å². The Balaban J connectivity index is 1.52. The van der Waals surface area contributed by atoms with Crippen LogP contribution in [0.4, 0.5) is 0 Å². The molecule has 0 spiro atoms. The van der Waals surface area contributed by atoms with Gasteiger partial charge in [-0.05, 0) is 66.9 Å². The molecule has 0 fully saturated rings. The highest BCUT2D eigenvalue weighted by Crippen LogP contribution is 2.41. The predicted molar refractivity (Wildman–Crippen MR) is 184 cm³/mol. The van der Waals surface area contributed by atoms with Gasteiger partial charge in [-0.3, -0.25) is 9.36 Å². The van der Waals surface area contributed by atoms with Gasteiger partial charge >= 0.3 is 0 Å². The standard InChI is InChI=1S/C40H29N3O/c1-26-20-22-29(23-21-26)41-34-18-10-8-16-30(34)32-24-33-37(25-36(32)41)42(27-12-4-2-5-13-27)39-38(33)31-17-9-11-19-35(31)43(40(39)44)28-14-6-3-7-15-28/h2-20,22-26H,21H2,1H3. The lowest BCUT2D eigenvalue weighted by Gasteiger charge is -2.15. The number of pyridine rings is 1. The predicted octanol–water partition coefficient (Wildman–Crippen LogP) is 9.63. The van der Waals surface area contributed by atoms with E-state index in [0.717, 1.165) is 50.5 Å². The van der Waals surface area contributed by atoms with Crippen molar-refractivity contribution in [1.29, 1.82) is 0 Å². The molecule has 0 aliphatic heterocycles. The summed E-state index contributed by atoms with van der Waals surface area (Å²) in [6, 6.07) is 41.8. The number of benzene rings is 5. The number of aromatic nitrogens is 3. The Hall–Kier alpha value is -5.61. The second kappa shape index (κ2) is 9.45. The minimum Gasteiger partial charge on any atom is -0.310 e. The van der Waals surface area contributed by atoms with E-state index in [2.05, 4.69) is 101 Å². The summed E-state index contributed by atoms with van der Waals surface area (Å²) in [6.45, 7) is 2.25. The molecule has 4 heteroatoms. The fraction of sp³-hybridized carbons (Fsp3) is 0.0750. The Bertz CT molecular complexity index is 2540. The first kappa shape index (κ1) is 24.9. The van der Waals surface area contributed by atoms with Gasteiger partial charge in [-0.25, -0.2) is 0 Å². The molecule has 5 aromatic carbocycles. The maximum Gasteiger partial charge on any atom is 0.280 e. The number of rotatable bonds is 3. The van der Waals surface area contributed by atoms with Crippen LogP contribution in [0.15, 0.2) is 144 Å². The van der Waals surface area contributed by atoms with Crippen molar-refractivity contribution < 1.29 is 0 Å². The van der Waals surface area contributed by atoms with Crippen LogP contribution in [0.1, 0.15) is 13.3 Å². The zero-order valence-electron chi connectivity index (χ0n) is 24.3. The summed E-state index contributed by atoms with van der Waals surface area (Å²) in [5.41, 5.74) is 7.90. The first-order valence-electron chi connectivity index (χ1n) is 15.2. The Morgan fingerprint density at radius 1 is 0.568 bits per heavy atom. The molecule has 3 aromatic heterocycles. The van der Waals surface area contributed by atoms with Gasteiger partial charge in [0.1, 0.15) is 5.52 Å². The van der Waals surface area contributed by atoms with Gasteiger partial charge in [0.15, 0.2) is 0 Å². The highest BCUT2D eigenvalue weighted by molar-refractivity contribution is 6.25. The molecule has 0 saturated heterocycles. The Labute approximate surface area is 254 Å². The van der Waals surface area contributed by atoms with Gasteiger partial charge in [-0.15, -0.1) is 0 Å².